The van der Waals surface area contributed by atoms with Crippen LogP contribution < -0.4 is 20.1 Å². The molecule has 1 aliphatic heterocycles. The van der Waals surface area contributed by atoms with Crippen molar-refractivity contribution >= 4 is 11.6 Å². The number of methoxy groups -OCH3 is 1. The van der Waals surface area contributed by atoms with Crippen molar-refractivity contribution in [1.29, 1.82) is 0 Å². The average Bonchev–Trinajstić information content (AvgIpc) is 2.73. The molecule has 3 aromatic carbocycles. The van der Waals surface area contributed by atoms with E-state index >= 15 is 0 Å². The van der Waals surface area contributed by atoms with Crippen LogP contribution in [0.15, 0.2) is 72.8 Å². The summed E-state index contributed by atoms with van der Waals surface area (Å²) < 4.78 is 11.4. The lowest BCUT2D eigenvalue weighted by atomic mass is 10.1. The second-order valence-electron chi connectivity index (χ2n) is 6.28. The van der Waals surface area contributed by atoms with Crippen LogP contribution in [0.3, 0.4) is 0 Å². The summed E-state index contributed by atoms with van der Waals surface area (Å²) in [5.41, 5.74) is 3.43. The number of rotatable bonds is 5. The van der Waals surface area contributed by atoms with Crippen LogP contribution in [0.4, 0.5) is 5.69 Å². The first kappa shape index (κ1) is 17.0. The van der Waals surface area contributed by atoms with Gasteiger partial charge in [-0.2, -0.15) is 0 Å². The zero-order chi connectivity index (χ0) is 18.6. The molecule has 1 heterocycles. The molecule has 1 aliphatic rings. The molecule has 0 aromatic heterocycles. The topological polar surface area (TPSA) is 59.6 Å². The molecular formula is C22H20N2O3. The molecule has 0 bridgehead atoms. The van der Waals surface area contributed by atoms with Gasteiger partial charge in [-0.25, -0.2) is 0 Å². The van der Waals surface area contributed by atoms with Crippen molar-refractivity contribution in [2.24, 2.45) is 0 Å². The Balaban J connectivity index is 1.54. The molecule has 0 radical (unpaired) electrons. The first-order chi connectivity index (χ1) is 13.2. The minimum absolute atomic E-state index is 0.0993. The van der Waals surface area contributed by atoms with Crippen LogP contribution in [0.1, 0.15) is 27.7 Å². The molecule has 5 nitrogen and oxygen atoms in total. The largest absolute Gasteiger partial charge is 0.493 e. The molecule has 4 rings (SSSR count). The third-order valence-electron chi connectivity index (χ3n) is 4.51. The zero-order valence-corrected chi connectivity index (χ0v) is 14.9. The standard InChI is InChI=1S/C22H20N2O3/c1-26-20-13-16(11-12-19(20)27-14-15-7-3-2-4-8-15)21-23-18-10-6-5-9-17(18)22(25)24-21/h2-13,21,23H,14H2,1H3,(H,24,25)/t21-/m0/s1. The fourth-order valence-corrected chi connectivity index (χ4v) is 3.09. The summed E-state index contributed by atoms with van der Waals surface area (Å²) in [6, 6.07) is 23.1. The monoisotopic (exact) mass is 360 g/mol. The number of hydrogen-bond acceptors (Lipinski definition) is 4. The van der Waals surface area contributed by atoms with Gasteiger partial charge in [0, 0.05) is 5.69 Å². The smallest absolute Gasteiger partial charge is 0.255 e. The van der Waals surface area contributed by atoms with Gasteiger partial charge in [0.25, 0.3) is 5.91 Å². The number of hydrogen-bond donors (Lipinski definition) is 2. The molecule has 0 spiro atoms. The van der Waals surface area contributed by atoms with Gasteiger partial charge in [0.1, 0.15) is 12.8 Å². The molecule has 5 heteroatoms. The predicted octanol–water partition coefficient (Wildman–Crippen LogP) is 4.13. The molecule has 136 valence electrons. The van der Waals surface area contributed by atoms with Gasteiger partial charge in [-0.1, -0.05) is 48.5 Å². The first-order valence-electron chi connectivity index (χ1n) is 8.75. The number of carbonyl (C=O) groups is 1. The number of ether oxygens (including phenoxy) is 2. The van der Waals surface area contributed by atoms with E-state index in [-0.39, 0.29) is 12.1 Å². The Labute approximate surface area is 157 Å². The molecule has 0 aliphatic carbocycles. The maximum atomic E-state index is 12.3. The number of nitrogens with one attached hydrogen (secondary N) is 2. The third kappa shape index (κ3) is 3.58. The molecule has 1 amide bonds. The molecule has 3 aromatic rings. The van der Waals surface area contributed by atoms with Gasteiger partial charge in [-0.3, -0.25) is 4.79 Å². The second kappa shape index (κ2) is 7.41. The Morgan fingerprint density at radius 3 is 2.48 bits per heavy atom. The summed E-state index contributed by atoms with van der Waals surface area (Å²) in [5.74, 6) is 1.18. The van der Waals surface area contributed by atoms with Crippen LogP contribution in [0.25, 0.3) is 0 Å². The van der Waals surface area contributed by atoms with Crippen LogP contribution >= 0.6 is 0 Å². The molecule has 0 saturated heterocycles. The van der Waals surface area contributed by atoms with Crippen molar-refractivity contribution in [1.82, 2.24) is 5.32 Å². The van der Waals surface area contributed by atoms with Gasteiger partial charge in [-0.05, 0) is 35.4 Å². The summed E-state index contributed by atoms with van der Waals surface area (Å²) in [6.45, 7) is 0.461. The number of benzene rings is 3. The highest BCUT2D eigenvalue weighted by atomic mass is 16.5. The Hall–Kier alpha value is -3.47. The zero-order valence-electron chi connectivity index (χ0n) is 14.9. The molecular weight excluding hydrogens is 340 g/mol. The van der Waals surface area contributed by atoms with Gasteiger partial charge in [0.15, 0.2) is 11.5 Å². The van der Waals surface area contributed by atoms with E-state index in [0.717, 1.165) is 16.8 Å². The van der Waals surface area contributed by atoms with E-state index in [9.17, 15) is 4.79 Å². The summed E-state index contributed by atoms with van der Waals surface area (Å²) in [5, 5.41) is 6.32. The molecule has 1 atom stereocenters. The fourth-order valence-electron chi connectivity index (χ4n) is 3.09. The van der Waals surface area contributed by atoms with Gasteiger partial charge in [-0.15, -0.1) is 0 Å². The molecule has 0 unspecified atom stereocenters. The van der Waals surface area contributed by atoms with Crippen LogP contribution in [0.2, 0.25) is 0 Å². The highest BCUT2D eigenvalue weighted by Crippen LogP contribution is 2.33. The van der Waals surface area contributed by atoms with Gasteiger partial charge in [0.05, 0.1) is 12.7 Å². The van der Waals surface area contributed by atoms with Crippen molar-refractivity contribution in [3.63, 3.8) is 0 Å². The van der Waals surface area contributed by atoms with Crippen molar-refractivity contribution in [3.05, 3.63) is 89.5 Å². The number of para-hydroxylation sites is 1. The van der Waals surface area contributed by atoms with Crippen LogP contribution in [0, 0.1) is 0 Å². The normalized spacial score (nSPS) is 15.3. The van der Waals surface area contributed by atoms with Gasteiger partial charge < -0.3 is 20.1 Å². The summed E-state index contributed by atoms with van der Waals surface area (Å²) in [6.07, 6.45) is -0.329. The van der Waals surface area contributed by atoms with Crippen LogP contribution in [-0.4, -0.2) is 13.0 Å². The van der Waals surface area contributed by atoms with E-state index in [1.807, 2.05) is 66.7 Å². The summed E-state index contributed by atoms with van der Waals surface area (Å²) in [4.78, 5) is 12.3. The second-order valence-corrected chi connectivity index (χ2v) is 6.28. The lowest BCUT2D eigenvalue weighted by Crippen LogP contribution is -2.38. The first-order valence-corrected chi connectivity index (χ1v) is 8.75. The Bertz CT molecular complexity index is 957. The summed E-state index contributed by atoms with van der Waals surface area (Å²) >= 11 is 0. The number of carbonyl (C=O) groups excluding carboxylic acids is 1. The Kier molecular flexibility index (Phi) is 4.66. The Morgan fingerprint density at radius 1 is 0.889 bits per heavy atom. The van der Waals surface area contributed by atoms with Gasteiger partial charge in [0.2, 0.25) is 0 Å². The van der Waals surface area contributed by atoms with Crippen molar-refractivity contribution in [2.45, 2.75) is 12.8 Å². The molecule has 2 N–H and O–H groups in total. The molecule has 0 saturated carbocycles. The van der Waals surface area contributed by atoms with Crippen molar-refractivity contribution in [2.75, 3.05) is 12.4 Å². The van der Waals surface area contributed by atoms with E-state index in [4.69, 9.17) is 9.47 Å². The van der Waals surface area contributed by atoms with Crippen molar-refractivity contribution in [3.8, 4) is 11.5 Å². The highest BCUT2D eigenvalue weighted by molar-refractivity contribution is 6.01. The van der Waals surface area contributed by atoms with E-state index < -0.39 is 0 Å². The minimum atomic E-state index is -0.329. The minimum Gasteiger partial charge on any atom is -0.493 e. The SMILES string of the molecule is COc1cc([C@@H]2NC(=O)c3ccccc3N2)ccc1OCc1ccccc1. The lowest BCUT2D eigenvalue weighted by Gasteiger charge is -2.28. The number of anilines is 1. The quantitative estimate of drug-likeness (QED) is 0.718. The average molecular weight is 360 g/mol. The number of amides is 1. The van der Waals surface area contributed by atoms with E-state index in [2.05, 4.69) is 10.6 Å². The molecule has 27 heavy (non-hydrogen) atoms. The Morgan fingerprint density at radius 2 is 1.67 bits per heavy atom. The maximum absolute atomic E-state index is 12.3. The van der Waals surface area contributed by atoms with E-state index in [0.29, 0.717) is 23.7 Å². The summed E-state index contributed by atoms with van der Waals surface area (Å²) in [7, 11) is 1.61. The maximum Gasteiger partial charge on any atom is 0.255 e. The molecule has 0 fully saturated rings. The fraction of sp³-hybridized carbons (Fsp3) is 0.136. The highest BCUT2D eigenvalue weighted by Gasteiger charge is 2.24. The lowest BCUT2D eigenvalue weighted by molar-refractivity contribution is 0.0935. The van der Waals surface area contributed by atoms with Gasteiger partial charge >= 0.3 is 0 Å². The van der Waals surface area contributed by atoms with E-state index in [1.165, 1.54) is 0 Å². The number of fused-ring (bicyclic) bond motifs is 1. The predicted molar refractivity (Wildman–Crippen MR) is 104 cm³/mol. The third-order valence-corrected chi connectivity index (χ3v) is 4.51. The van der Waals surface area contributed by atoms with Crippen LogP contribution in [-0.2, 0) is 6.61 Å². The van der Waals surface area contributed by atoms with E-state index in [1.54, 1.807) is 13.2 Å². The van der Waals surface area contributed by atoms with Crippen molar-refractivity contribution < 1.29 is 14.3 Å². The van der Waals surface area contributed by atoms with Crippen LogP contribution in [0.5, 0.6) is 11.5 Å².